The van der Waals surface area contributed by atoms with E-state index in [9.17, 15) is 14.7 Å². The van der Waals surface area contributed by atoms with Crippen LogP contribution in [0.4, 0.5) is 0 Å². The summed E-state index contributed by atoms with van der Waals surface area (Å²) in [5, 5.41) is 17.0. The average Bonchev–Trinajstić information content (AvgIpc) is 2.72. The smallest absolute Gasteiger partial charge is 0.337 e. The van der Waals surface area contributed by atoms with E-state index in [4.69, 9.17) is 5.73 Å². The summed E-state index contributed by atoms with van der Waals surface area (Å²) in [7, 11) is 0. The number of para-hydroxylation sites is 1. The highest BCUT2D eigenvalue weighted by atomic mass is 16.4. The zero-order chi connectivity index (χ0) is 14.2. The van der Waals surface area contributed by atoms with Gasteiger partial charge in [-0.1, -0.05) is 25.1 Å². The number of hydrogen-bond acceptors (Lipinski definition) is 4. The largest absolute Gasteiger partial charge is 0.478 e. The first-order valence-corrected chi connectivity index (χ1v) is 5.80. The molecule has 0 fully saturated rings. The van der Waals surface area contributed by atoms with Crippen molar-refractivity contribution < 1.29 is 14.7 Å². The number of rotatable bonds is 4. The number of fused-ring (bicyclic) bond motifs is 1. The molecule has 0 aliphatic heterocycles. The van der Waals surface area contributed by atoms with Crippen LogP contribution in [0.5, 0.6) is 0 Å². The Hall–Kier alpha value is -2.44. The second kappa shape index (κ2) is 4.68. The third-order valence-corrected chi connectivity index (χ3v) is 2.91. The minimum atomic E-state index is -1.10. The van der Waals surface area contributed by atoms with Crippen LogP contribution in [-0.4, -0.2) is 32.0 Å². The Morgan fingerprint density at radius 1 is 1.37 bits per heavy atom. The Balaban J connectivity index is 2.74. The van der Waals surface area contributed by atoms with Crippen molar-refractivity contribution in [1.82, 2.24) is 15.0 Å². The highest BCUT2D eigenvalue weighted by Gasteiger charge is 2.26. The van der Waals surface area contributed by atoms with E-state index >= 15 is 0 Å². The number of carbonyl (C=O) groups is 2. The fourth-order valence-corrected chi connectivity index (χ4v) is 2.09. The highest BCUT2D eigenvalue weighted by Crippen LogP contribution is 2.24. The van der Waals surface area contributed by atoms with Gasteiger partial charge < -0.3 is 10.8 Å². The zero-order valence-corrected chi connectivity index (χ0v) is 10.6. The van der Waals surface area contributed by atoms with Crippen LogP contribution in [0.1, 0.15) is 30.2 Å². The predicted octanol–water partition coefficient (Wildman–Crippen LogP) is 0.812. The summed E-state index contributed by atoms with van der Waals surface area (Å²) in [5.74, 6) is -1.78. The average molecular weight is 262 g/mol. The molecule has 0 saturated heterocycles. The first kappa shape index (κ1) is 13.0. The van der Waals surface area contributed by atoms with E-state index in [1.165, 1.54) is 10.7 Å². The van der Waals surface area contributed by atoms with Gasteiger partial charge in [0.1, 0.15) is 17.1 Å². The maximum atomic E-state index is 11.6. The van der Waals surface area contributed by atoms with E-state index < -0.39 is 17.9 Å². The second-order valence-electron chi connectivity index (χ2n) is 4.60. The highest BCUT2D eigenvalue weighted by molar-refractivity contribution is 6.01. The van der Waals surface area contributed by atoms with Crippen molar-refractivity contribution in [2.45, 2.75) is 19.9 Å². The van der Waals surface area contributed by atoms with Crippen molar-refractivity contribution in [3.8, 4) is 0 Å². The summed E-state index contributed by atoms with van der Waals surface area (Å²) in [5.41, 5.74) is 6.16. The van der Waals surface area contributed by atoms with Gasteiger partial charge in [-0.25, -0.2) is 9.48 Å². The van der Waals surface area contributed by atoms with Gasteiger partial charge in [0.25, 0.3) is 0 Å². The molecule has 7 nitrogen and oxygen atoms in total. The molecule has 7 heteroatoms. The van der Waals surface area contributed by atoms with E-state index in [0.29, 0.717) is 11.0 Å². The van der Waals surface area contributed by atoms with Crippen LogP contribution in [-0.2, 0) is 4.79 Å². The van der Waals surface area contributed by atoms with E-state index in [1.807, 2.05) is 13.8 Å². The number of nitrogens with two attached hydrogens (primary N) is 1. The van der Waals surface area contributed by atoms with E-state index in [0.717, 1.165) is 0 Å². The molecule has 1 amide bonds. The van der Waals surface area contributed by atoms with Crippen LogP contribution in [0, 0.1) is 5.92 Å². The Morgan fingerprint density at radius 2 is 2.05 bits per heavy atom. The van der Waals surface area contributed by atoms with Crippen molar-refractivity contribution in [3.05, 3.63) is 23.8 Å². The number of benzene rings is 1. The lowest BCUT2D eigenvalue weighted by atomic mass is 10.0. The molecule has 0 aliphatic carbocycles. The first-order chi connectivity index (χ1) is 8.93. The minimum Gasteiger partial charge on any atom is -0.478 e. The Bertz CT molecular complexity index is 647. The molecule has 1 aromatic carbocycles. The molecule has 19 heavy (non-hydrogen) atoms. The summed E-state index contributed by atoms with van der Waals surface area (Å²) >= 11 is 0. The number of aromatic carboxylic acids is 1. The van der Waals surface area contributed by atoms with E-state index in [-0.39, 0.29) is 11.5 Å². The number of nitrogens with zero attached hydrogens (tertiary/aromatic N) is 3. The maximum absolute atomic E-state index is 11.6. The summed E-state index contributed by atoms with van der Waals surface area (Å²) in [6.07, 6.45) is 0. The molecular weight excluding hydrogens is 248 g/mol. The lowest BCUT2D eigenvalue weighted by Gasteiger charge is -2.18. The lowest BCUT2D eigenvalue weighted by Crippen LogP contribution is -2.31. The van der Waals surface area contributed by atoms with Gasteiger partial charge in [0.05, 0.1) is 5.56 Å². The topological polar surface area (TPSA) is 111 Å². The molecule has 0 radical (unpaired) electrons. The monoisotopic (exact) mass is 262 g/mol. The van der Waals surface area contributed by atoms with Gasteiger partial charge in [0.15, 0.2) is 0 Å². The SMILES string of the molecule is CC(C)C(C(N)=O)n1nnc2cccc(C(=O)O)c21. The van der Waals surface area contributed by atoms with Crippen LogP contribution in [0.15, 0.2) is 18.2 Å². The third-order valence-electron chi connectivity index (χ3n) is 2.91. The lowest BCUT2D eigenvalue weighted by molar-refractivity contribution is -0.122. The van der Waals surface area contributed by atoms with E-state index in [1.54, 1.807) is 12.1 Å². The number of hydrogen-bond donors (Lipinski definition) is 2. The number of carboxylic acid groups (broad SMARTS) is 1. The molecule has 0 bridgehead atoms. The summed E-state index contributed by atoms with van der Waals surface area (Å²) in [6, 6.07) is 3.94. The van der Waals surface area contributed by atoms with Crippen LogP contribution in [0.3, 0.4) is 0 Å². The fraction of sp³-hybridized carbons (Fsp3) is 0.333. The molecule has 1 atom stereocenters. The van der Waals surface area contributed by atoms with Gasteiger partial charge in [-0.15, -0.1) is 5.10 Å². The predicted molar refractivity (Wildman–Crippen MR) is 67.6 cm³/mol. The molecule has 0 saturated carbocycles. The molecule has 1 unspecified atom stereocenters. The van der Waals surface area contributed by atoms with Crippen molar-refractivity contribution in [2.75, 3.05) is 0 Å². The molecule has 2 aromatic rings. The van der Waals surface area contributed by atoms with Gasteiger partial charge in [0.2, 0.25) is 5.91 Å². The summed E-state index contributed by atoms with van der Waals surface area (Å²) in [6.45, 7) is 3.62. The number of carbonyl (C=O) groups excluding carboxylic acids is 1. The zero-order valence-electron chi connectivity index (χ0n) is 10.6. The van der Waals surface area contributed by atoms with Crippen LogP contribution in [0.2, 0.25) is 0 Å². The van der Waals surface area contributed by atoms with E-state index in [2.05, 4.69) is 10.3 Å². The van der Waals surface area contributed by atoms with Gasteiger partial charge in [-0.05, 0) is 18.1 Å². The normalized spacial score (nSPS) is 12.8. The van der Waals surface area contributed by atoms with Crippen LogP contribution in [0.25, 0.3) is 11.0 Å². The van der Waals surface area contributed by atoms with Crippen molar-refractivity contribution >= 4 is 22.9 Å². The van der Waals surface area contributed by atoms with Gasteiger partial charge in [0, 0.05) is 0 Å². The number of aromatic nitrogens is 3. The molecule has 100 valence electrons. The van der Waals surface area contributed by atoms with Crippen LogP contribution >= 0.6 is 0 Å². The molecule has 1 aromatic heterocycles. The number of carboxylic acids is 1. The maximum Gasteiger partial charge on any atom is 0.337 e. The van der Waals surface area contributed by atoms with Gasteiger partial charge >= 0.3 is 5.97 Å². The second-order valence-corrected chi connectivity index (χ2v) is 4.60. The molecule has 1 heterocycles. The van der Waals surface area contributed by atoms with Crippen molar-refractivity contribution in [3.63, 3.8) is 0 Å². The quantitative estimate of drug-likeness (QED) is 0.847. The number of primary amides is 1. The van der Waals surface area contributed by atoms with Gasteiger partial charge in [-0.2, -0.15) is 0 Å². The fourth-order valence-electron chi connectivity index (χ4n) is 2.09. The van der Waals surface area contributed by atoms with Gasteiger partial charge in [-0.3, -0.25) is 4.79 Å². The number of amides is 1. The minimum absolute atomic E-state index is 0.0504. The Labute approximate surface area is 109 Å². The standard InChI is InChI=1S/C12H14N4O3/c1-6(2)9(11(13)17)16-10-7(12(18)19)4-3-5-8(10)14-15-16/h3-6,9H,1-2H3,(H2,13,17)(H,18,19). The molecule has 3 N–H and O–H groups in total. The first-order valence-electron chi connectivity index (χ1n) is 5.80. The molecule has 2 rings (SSSR count). The molecular formula is C12H14N4O3. The Kier molecular flexibility index (Phi) is 3.20. The van der Waals surface area contributed by atoms with Crippen molar-refractivity contribution in [1.29, 1.82) is 0 Å². The third kappa shape index (κ3) is 2.14. The Morgan fingerprint density at radius 3 is 2.58 bits per heavy atom. The van der Waals surface area contributed by atoms with Crippen LogP contribution < -0.4 is 5.73 Å². The summed E-state index contributed by atoms with van der Waals surface area (Å²) < 4.78 is 1.30. The summed E-state index contributed by atoms with van der Waals surface area (Å²) in [4.78, 5) is 22.8. The van der Waals surface area contributed by atoms with Crippen molar-refractivity contribution in [2.24, 2.45) is 11.7 Å². The molecule has 0 spiro atoms. The molecule has 0 aliphatic rings.